The highest BCUT2D eigenvalue weighted by atomic mass is 16.1. The maximum atomic E-state index is 10.5. The molecular weight excluding hydrogens is 116 g/mol. The van der Waals surface area contributed by atoms with E-state index < -0.39 is 5.78 Å². The Morgan fingerprint density at radius 2 is 2.56 bits per heavy atom. The van der Waals surface area contributed by atoms with E-state index in [0.717, 1.165) is 0 Å². The van der Waals surface area contributed by atoms with Gasteiger partial charge in [0.1, 0.15) is 6.07 Å². The second kappa shape index (κ2) is 2.14. The Balaban J connectivity index is 2.93. The van der Waals surface area contributed by atoms with Crippen LogP contribution in [0.4, 0.5) is 0 Å². The lowest BCUT2D eigenvalue weighted by molar-refractivity contribution is 0.105. The first-order chi connectivity index (χ1) is 4.34. The highest BCUT2D eigenvalue weighted by Gasteiger charge is 2.01. The van der Waals surface area contributed by atoms with Crippen LogP contribution in [0.5, 0.6) is 0 Å². The van der Waals surface area contributed by atoms with E-state index in [-0.39, 0.29) is 0 Å². The summed E-state index contributed by atoms with van der Waals surface area (Å²) in [5.41, 5.74) is 0.345. The first-order valence-electron chi connectivity index (χ1n) is 2.42. The van der Waals surface area contributed by atoms with Gasteiger partial charge in [-0.15, -0.1) is 0 Å². The molecule has 3 heteroatoms. The Hall–Kier alpha value is -1.56. The number of nitrogens with one attached hydrogen (secondary N) is 1. The number of carbonyl (C=O) groups is 1. The minimum Gasteiger partial charge on any atom is -0.358 e. The maximum Gasteiger partial charge on any atom is 0.278 e. The molecule has 1 aromatic rings. The fraction of sp³-hybridized carbons (Fsp3) is 0. The highest BCUT2D eigenvalue weighted by Crippen LogP contribution is 1.93. The van der Waals surface area contributed by atoms with Crippen molar-refractivity contribution in [1.29, 1.82) is 5.26 Å². The molecule has 9 heavy (non-hydrogen) atoms. The quantitative estimate of drug-likeness (QED) is 0.438. The van der Waals surface area contributed by atoms with Crippen molar-refractivity contribution < 1.29 is 4.79 Å². The van der Waals surface area contributed by atoms with Crippen molar-refractivity contribution in [3.8, 4) is 6.07 Å². The summed E-state index contributed by atoms with van der Waals surface area (Å²) in [5.74, 6) is -0.528. The first-order valence-corrected chi connectivity index (χ1v) is 2.42. The van der Waals surface area contributed by atoms with Crippen LogP contribution >= 0.6 is 0 Å². The molecule has 0 fully saturated rings. The Morgan fingerprint density at radius 1 is 1.78 bits per heavy atom. The molecule has 0 saturated carbocycles. The molecule has 0 unspecified atom stereocenters. The summed E-state index contributed by atoms with van der Waals surface area (Å²) in [6.45, 7) is 0. The zero-order chi connectivity index (χ0) is 6.69. The van der Waals surface area contributed by atoms with E-state index in [4.69, 9.17) is 5.26 Å². The van der Waals surface area contributed by atoms with E-state index >= 15 is 0 Å². The van der Waals surface area contributed by atoms with Gasteiger partial charge in [-0.2, -0.15) is 5.26 Å². The number of hydrogen-bond donors (Lipinski definition) is 1. The molecule has 1 rings (SSSR count). The summed E-state index contributed by atoms with van der Waals surface area (Å²) in [7, 11) is 0. The molecule has 0 aliphatic carbocycles. The molecule has 44 valence electrons. The predicted molar refractivity (Wildman–Crippen MR) is 30.7 cm³/mol. The molecule has 0 atom stereocenters. The molecule has 1 heterocycles. The van der Waals surface area contributed by atoms with Crippen molar-refractivity contribution in [1.82, 2.24) is 4.98 Å². The maximum absolute atomic E-state index is 10.5. The number of carbonyl (C=O) groups excluding carboxylic acids is 1. The van der Waals surface area contributed by atoms with Crippen LogP contribution in [0.25, 0.3) is 0 Å². The number of aromatic nitrogens is 1. The van der Waals surface area contributed by atoms with Gasteiger partial charge in [0.05, 0.1) is 5.69 Å². The van der Waals surface area contributed by atoms with Gasteiger partial charge in [0.2, 0.25) is 0 Å². The number of aromatic amines is 1. The molecule has 0 radical (unpaired) electrons. The lowest BCUT2D eigenvalue weighted by Crippen LogP contribution is -1.92. The largest absolute Gasteiger partial charge is 0.358 e. The number of rotatable bonds is 1. The second-order valence-electron chi connectivity index (χ2n) is 1.52. The normalized spacial score (nSPS) is 8.33. The van der Waals surface area contributed by atoms with Crippen molar-refractivity contribution in [2.75, 3.05) is 0 Å². The zero-order valence-electron chi connectivity index (χ0n) is 4.59. The minimum atomic E-state index is -0.528. The van der Waals surface area contributed by atoms with Crippen molar-refractivity contribution in [3.63, 3.8) is 0 Å². The van der Waals surface area contributed by atoms with E-state index in [1.54, 1.807) is 18.3 Å². The van der Waals surface area contributed by atoms with Gasteiger partial charge < -0.3 is 4.98 Å². The molecule has 0 bridgehead atoms. The highest BCUT2D eigenvalue weighted by molar-refractivity contribution is 6.06. The zero-order valence-corrected chi connectivity index (χ0v) is 4.59. The monoisotopic (exact) mass is 120 g/mol. The van der Waals surface area contributed by atoms with Crippen molar-refractivity contribution in [3.05, 3.63) is 24.0 Å². The Bertz CT molecular complexity index is 243. The van der Waals surface area contributed by atoms with Gasteiger partial charge in [0.15, 0.2) is 0 Å². The van der Waals surface area contributed by atoms with Crippen molar-refractivity contribution in [2.45, 2.75) is 0 Å². The van der Waals surface area contributed by atoms with Crippen molar-refractivity contribution in [2.24, 2.45) is 0 Å². The molecule has 1 N–H and O–H groups in total. The van der Waals surface area contributed by atoms with Gasteiger partial charge in [0.25, 0.3) is 5.78 Å². The summed E-state index contributed by atoms with van der Waals surface area (Å²) >= 11 is 0. The third-order valence-electron chi connectivity index (χ3n) is 0.944. The van der Waals surface area contributed by atoms with Crippen LogP contribution in [0, 0.1) is 11.3 Å². The fourth-order valence-corrected chi connectivity index (χ4v) is 0.532. The fourth-order valence-electron chi connectivity index (χ4n) is 0.532. The van der Waals surface area contributed by atoms with Crippen LogP contribution in [-0.4, -0.2) is 10.8 Å². The van der Waals surface area contributed by atoms with Crippen molar-refractivity contribution >= 4 is 5.78 Å². The molecule has 0 aliphatic rings. The summed E-state index contributed by atoms with van der Waals surface area (Å²) < 4.78 is 0. The predicted octanol–water partition coefficient (Wildman–Crippen LogP) is 0.721. The Labute approximate surface area is 51.9 Å². The van der Waals surface area contributed by atoms with Crippen LogP contribution < -0.4 is 0 Å². The third-order valence-corrected chi connectivity index (χ3v) is 0.944. The van der Waals surface area contributed by atoms with Crippen LogP contribution in [0.1, 0.15) is 10.5 Å². The molecule has 0 aromatic carbocycles. The molecule has 3 nitrogen and oxygen atoms in total. The molecule has 0 aliphatic heterocycles. The molecule has 0 saturated heterocycles. The van der Waals surface area contributed by atoms with E-state index in [1.165, 1.54) is 6.07 Å². The van der Waals surface area contributed by atoms with Gasteiger partial charge >= 0.3 is 0 Å². The average molecular weight is 120 g/mol. The molecule has 1 aromatic heterocycles. The van der Waals surface area contributed by atoms with E-state index in [1.807, 2.05) is 0 Å². The van der Waals surface area contributed by atoms with Crippen LogP contribution in [0.3, 0.4) is 0 Å². The summed E-state index contributed by atoms with van der Waals surface area (Å²) in [6, 6.07) is 4.73. The summed E-state index contributed by atoms with van der Waals surface area (Å²) in [6.07, 6.45) is 1.60. The molecule has 0 spiro atoms. The lowest BCUT2D eigenvalue weighted by atomic mass is 10.3. The van der Waals surface area contributed by atoms with Crippen LogP contribution in [0.2, 0.25) is 0 Å². The summed E-state index contributed by atoms with van der Waals surface area (Å²) in [5, 5.41) is 8.09. The van der Waals surface area contributed by atoms with E-state index in [2.05, 4.69) is 4.98 Å². The van der Waals surface area contributed by atoms with Gasteiger partial charge in [-0.1, -0.05) is 0 Å². The number of hydrogen-bond acceptors (Lipinski definition) is 2. The SMILES string of the molecule is N#CC(=O)c1ccc[nH]1. The van der Waals surface area contributed by atoms with Crippen LogP contribution in [0.15, 0.2) is 18.3 Å². The van der Waals surface area contributed by atoms with Crippen LogP contribution in [-0.2, 0) is 0 Å². The number of H-pyrrole nitrogens is 1. The van der Waals surface area contributed by atoms with Gasteiger partial charge in [-0.3, -0.25) is 4.79 Å². The number of Topliss-reactive ketones (excluding diaryl/α,β-unsaturated/α-hetero) is 1. The number of ketones is 1. The van der Waals surface area contributed by atoms with E-state index in [0.29, 0.717) is 5.69 Å². The average Bonchev–Trinajstić information content (AvgIpc) is 2.37. The minimum absolute atomic E-state index is 0.345. The lowest BCUT2D eigenvalue weighted by Gasteiger charge is -1.79. The van der Waals surface area contributed by atoms with Gasteiger partial charge in [-0.05, 0) is 12.1 Å². The Kier molecular flexibility index (Phi) is 1.32. The topological polar surface area (TPSA) is 56.6 Å². The molecule has 0 amide bonds. The smallest absolute Gasteiger partial charge is 0.278 e. The number of nitriles is 1. The first kappa shape index (κ1) is 5.57. The Morgan fingerprint density at radius 3 is 3.00 bits per heavy atom. The standard InChI is InChI=1S/C6H4N2O/c7-4-6(9)5-2-1-3-8-5/h1-3,8H. The van der Waals surface area contributed by atoms with Gasteiger partial charge in [0, 0.05) is 6.20 Å². The number of nitrogens with zero attached hydrogens (tertiary/aromatic N) is 1. The molecular formula is C6H4N2O. The third kappa shape index (κ3) is 0.970. The van der Waals surface area contributed by atoms with Gasteiger partial charge in [-0.25, -0.2) is 0 Å². The second-order valence-corrected chi connectivity index (χ2v) is 1.52. The summed E-state index contributed by atoms with van der Waals surface area (Å²) in [4.78, 5) is 13.1. The van der Waals surface area contributed by atoms with E-state index in [9.17, 15) is 4.79 Å².